The van der Waals surface area contributed by atoms with E-state index in [1.54, 1.807) is 42.5 Å². The molecule has 0 saturated carbocycles. The Hall–Kier alpha value is -4.48. The largest absolute Gasteiger partial charge is 0.465 e. The van der Waals surface area contributed by atoms with Gasteiger partial charge in [0.15, 0.2) is 28.6 Å². The minimum absolute atomic E-state index is 0.134. The van der Waals surface area contributed by atoms with Crippen LogP contribution in [0.3, 0.4) is 0 Å². The van der Waals surface area contributed by atoms with Crippen LogP contribution in [-0.4, -0.2) is 13.1 Å². The molecular weight excluding hydrogens is 348 g/mol. The summed E-state index contributed by atoms with van der Waals surface area (Å²) < 4.78 is 16.3. The highest BCUT2D eigenvalue weighted by Crippen LogP contribution is 2.49. The molecule has 2 aromatic carbocycles. The van der Waals surface area contributed by atoms with E-state index in [2.05, 4.69) is 5.32 Å². The van der Waals surface area contributed by atoms with Crippen molar-refractivity contribution in [1.29, 1.82) is 15.8 Å². The minimum Gasteiger partial charge on any atom is -0.465 e. The fraction of sp³-hybridized carbons (Fsp3) is 0.0526. The molecular formula is C19H10N4O4. The van der Waals surface area contributed by atoms with Gasteiger partial charge in [-0.1, -0.05) is 12.1 Å². The van der Waals surface area contributed by atoms with Gasteiger partial charge < -0.3 is 19.5 Å². The zero-order chi connectivity index (χ0) is 19.4. The topological polar surface area (TPSA) is 128 Å². The number of nitrogens with one attached hydrogen (secondary N) is 1. The molecule has 0 atom stereocenters. The number of methoxy groups -OCH3 is 1. The number of para-hydroxylation sites is 2. The van der Waals surface area contributed by atoms with Crippen molar-refractivity contribution in [2.45, 2.75) is 0 Å². The van der Waals surface area contributed by atoms with Crippen molar-refractivity contribution in [3.05, 3.63) is 53.2 Å². The van der Waals surface area contributed by atoms with Crippen molar-refractivity contribution in [3.8, 4) is 41.2 Å². The summed E-state index contributed by atoms with van der Waals surface area (Å²) in [5.41, 5.74) is -0.394. The molecule has 27 heavy (non-hydrogen) atoms. The van der Waals surface area contributed by atoms with E-state index in [1.807, 2.05) is 0 Å². The van der Waals surface area contributed by atoms with Crippen LogP contribution < -0.4 is 14.8 Å². The lowest BCUT2D eigenvalue weighted by atomic mass is 10.1. The summed E-state index contributed by atoms with van der Waals surface area (Å²) in [7, 11) is 1.23. The normalized spacial score (nSPS) is 10.3. The molecule has 0 aromatic heterocycles. The average Bonchev–Trinajstić information content (AvgIpc) is 2.71. The lowest BCUT2D eigenvalue weighted by Crippen LogP contribution is -2.09. The highest BCUT2D eigenvalue weighted by molar-refractivity contribution is 5.93. The molecule has 1 aliphatic rings. The molecule has 0 aliphatic carbocycles. The summed E-state index contributed by atoms with van der Waals surface area (Å²) in [5.74, 6) is 0.661. The molecule has 2 aromatic rings. The Labute approximate surface area is 154 Å². The first kappa shape index (κ1) is 17.3. The van der Waals surface area contributed by atoms with E-state index in [-0.39, 0.29) is 28.4 Å². The predicted octanol–water partition coefficient (Wildman–Crippen LogP) is 3.61. The Morgan fingerprint density at radius 2 is 1.67 bits per heavy atom. The van der Waals surface area contributed by atoms with Gasteiger partial charge in [-0.3, -0.25) is 0 Å². The van der Waals surface area contributed by atoms with E-state index in [0.717, 1.165) is 0 Å². The second kappa shape index (κ2) is 7.18. The summed E-state index contributed by atoms with van der Waals surface area (Å²) in [6.07, 6.45) is 0. The number of anilines is 1. The van der Waals surface area contributed by atoms with Crippen molar-refractivity contribution < 1.29 is 19.0 Å². The highest BCUT2D eigenvalue weighted by atomic mass is 16.6. The lowest BCUT2D eigenvalue weighted by Gasteiger charge is -2.23. The van der Waals surface area contributed by atoms with Gasteiger partial charge in [0.2, 0.25) is 0 Å². The zero-order valence-electron chi connectivity index (χ0n) is 13.9. The molecule has 130 valence electrons. The van der Waals surface area contributed by atoms with Crippen LogP contribution in [0.25, 0.3) is 0 Å². The monoisotopic (exact) mass is 358 g/mol. The van der Waals surface area contributed by atoms with E-state index in [1.165, 1.54) is 19.2 Å². The maximum absolute atomic E-state index is 12.0. The average molecular weight is 358 g/mol. The first-order chi connectivity index (χ1) is 13.1. The molecule has 1 heterocycles. The van der Waals surface area contributed by atoms with Crippen LogP contribution in [0.15, 0.2) is 47.7 Å². The zero-order valence-corrected chi connectivity index (χ0v) is 13.9. The number of carbonyl (C=O) groups excluding carboxylic acids is 1. The van der Waals surface area contributed by atoms with E-state index in [4.69, 9.17) is 24.7 Å². The van der Waals surface area contributed by atoms with E-state index >= 15 is 0 Å². The maximum Gasteiger partial charge on any atom is 0.338 e. The summed E-state index contributed by atoms with van der Waals surface area (Å²) in [5, 5.41) is 29.9. The fourth-order valence-corrected chi connectivity index (χ4v) is 2.38. The fourth-order valence-electron chi connectivity index (χ4n) is 2.38. The van der Waals surface area contributed by atoms with Crippen molar-refractivity contribution in [1.82, 2.24) is 0 Å². The van der Waals surface area contributed by atoms with Crippen LogP contribution in [0.1, 0.15) is 10.4 Å². The number of esters is 1. The second-order valence-electron chi connectivity index (χ2n) is 5.20. The van der Waals surface area contributed by atoms with Crippen molar-refractivity contribution in [3.63, 3.8) is 0 Å². The van der Waals surface area contributed by atoms with Gasteiger partial charge in [-0.05, 0) is 24.3 Å². The van der Waals surface area contributed by atoms with E-state index in [9.17, 15) is 10.1 Å². The number of nitriles is 3. The Morgan fingerprint density at radius 3 is 2.26 bits per heavy atom. The number of hydrogen-bond donors (Lipinski definition) is 1. The number of ether oxygens (including phenoxy) is 3. The van der Waals surface area contributed by atoms with Gasteiger partial charge in [0, 0.05) is 0 Å². The number of carbonyl (C=O) groups is 1. The van der Waals surface area contributed by atoms with Gasteiger partial charge in [0.1, 0.15) is 23.9 Å². The molecule has 8 heteroatoms. The molecule has 1 aliphatic heterocycles. The SMILES string of the molecule is COC(=O)c1cc(NC(C#N)=C(C#N)C#N)c2c(c1)Oc1ccccc1O2. The molecule has 0 radical (unpaired) electrons. The Kier molecular flexibility index (Phi) is 4.61. The number of rotatable bonds is 3. The predicted molar refractivity (Wildman–Crippen MR) is 91.9 cm³/mol. The van der Waals surface area contributed by atoms with Crippen molar-refractivity contribution >= 4 is 11.7 Å². The van der Waals surface area contributed by atoms with Crippen molar-refractivity contribution in [2.75, 3.05) is 12.4 Å². The summed E-state index contributed by atoms with van der Waals surface area (Å²) in [6.45, 7) is 0. The Morgan fingerprint density at radius 1 is 1.00 bits per heavy atom. The molecule has 8 nitrogen and oxygen atoms in total. The Balaban J connectivity index is 2.15. The third-order valence-corrected chi connectivity index (χ3v) is 3.60. The van der Waals surface area contributed by atoms with Crippen LogP contribution in [0.5, 0.6) is 23.0 Å². The second-order valence-corrected chi connectivity index (χ2v) is 5.20. The number of benzene rings is 2. The van der Waals surface area contributed by atoms with E-state index < -0.39 is 11.5 Å². The number of allylic oxidation sites excluding steroid dienone is 2. The maximum atomic E-state index is 12.0. The molecule has 1 N–H and O–H groups in total. The molecule has 0 unspecified atom stereocenters. The van der Waals surface area contributed by atoms with Crippen molar-refractivity contribution in [2.24, 2.45) is 0 Å². The van der Waals surface area contributed by atoms with Crippen LogP contribution in [-0.2, 0) is 4.74 Å². The standard InChI is InChI=1S/C19H10N4O4/c1-25-19(24)11-6-13(23-14(10-22)12(8-20)9-21)18-17(7-11)26-15-4-2-3-5-16(15)27-18/h2-7,23H,1H3. The van der Waals surface area contributed by atoms with Crippen LogP contribution >= 0.6 is 0 Å². The Bertz CT molecular complexity index is 1080. The van der Waals surface area contributed by atoms with Crippen LogP contribution in [0.4, 0.5) is 5.69 Å². The van der Waals surface area contributed by atoms with Gasteiger partial charge >= 0.3 is 5.97 Å². The van der Waals surface area contributed by atoms with E-state index in [0.29, 0.717) is 11.5 Å². The first-order valence-electron chi connectivity index (χ1n) is 7.54. The van der Waals surface area contributed by atoms with Gasteiger partial charge in [-0.25, -0.2) is 4.79 Å². The van der Waals surface area contributed by atoms with Gasteiger partial charge in [-0.2, -0.15) is 15.8 Å². The first-order valence-corrected chi connectivity index (χ1v) is 7.54. The summed E-state index contributed by atoms with van der Waals surface area (Å²) in [6, 6.07) is 14.7. The number of nitrogens with zero attached hydrogens (tertiary/aromatic N) is 3. The number of fused-ring (bicyclic) bond motifs is 2. The lowest BCUT2D eigenvalue weighted by molar-refractivity contribution is 0.0600. The number of hydrogen-bond acceptors (Lipinski definition) is 8. The molecule has 0 saturated heterocycles. The van der Waals surface area contributed by atoms with Gasteiger partial charge in [-0.15, -0.1) is 0 Å². The summed E-state index contributed by atoms with van der Waals surface area (Å²) in [4.78, 5) is 12.0. The molecule has 0 spiro atoms. The van der Waals surface area contributed by atoms with Gasteiger partial charge in [0.25, 0.3) is 0 Å². The van der Waals surface area contributed by atoms with Crippen LogP contribution in [0, 0.1) is 34.0 Å². The quantitative estimate of drug-likeness (QED) is 0.555. The minimum atomic E-state index is -0.633. The molecule has 3 rings (SSSR count). The molecule has 0 fully saturated rings. The smallest absolute Gasteiger partial charge is 0.338 e. The summed E-state index contributed by atoms with van der Waals surface area (Å²) >= 11 is 0. The molecule has 0 bridgehead atoms. The van der Waals surface area contributed by atoms with Crippen LogP contribution in [0.2, 0.25) is 0 Å². The van der Waals surface area contributed by atoms with Gasteiger partial charge in [0.05, 0.1) is 18.4 Å². The third-order valence-electron chi connectivity index (χ3n) is 3.60. The highest BCUT2D eigenvalue weighted by Gasteiger charge is 2.25. The molecule has 0 amide bonds. The third kappa shape index (κ3) is 3.21.